The molecular formula is C14H16ClNO2. The molecule has 0 aliphatic rings. The number of carbonyl (C=O) groups excluding carboxylic acids is 1. The minimum Gasteiger partial charge on any atom is -0.469 e. The number of methoxy groups -OCH3 is 1. The van der Waals surface area contributed by atoms with Crippen molar-refractivity contribution in [2.45, 2.75) is 20.3 Å². The number of aromatic amines is 1. The van der Waals surface area contributed by atoms with E-state index < -0.39 is 5.41 Å². The first-order chi connectivity index (χ1) is 8.44. The van der Waals surface area contributed by atoms with Crippen molar-refractivity contribution in [1.29, 1.82) is 0 Å². The maximum atomic E-state index is 11.7. The number of esters is 1. The smallest absolute Gasteiger partial charge is 0.311 e. The van der Waals surface area contributed by atoms with Gasteiger partial charge < -0.3 is 9.72 Å². The summed E-state index contributed by atoms with van der Waals surface area (Å²) in [7, 11) is 1.41. The van der Waals surface area contributed by atoms with Crippen molar-refractivity contribution in [3.63, 3.8) is 0 Å². The normalized spacial score (nSPS) is 11.8. The monoisotopic (exact) mass is 265 g/mol. The van der Waals surface area contributed by atoms with Crippen molar-refractivity contribution in [3.8, 4) is 0 Å². The molecule has 0 aliphatic carbocycles. The summed E-state index contributed by atoms with van der Waals surface area (Å²) < 4.78 is 4.82. The quantitative estimate of drug-likeness (QED) is 0.862. The Bertz CT molecular complexity index is 586. The van der Waals surface area contributed by atoms with Gasteiger partial charge in [0.1, 0.15) is 0 Å². The fraction of sp³-hybridized carbons (Fsp3) is 0.357. The van der Waals surface area contributed by atoms with Gasteiger partial charge >= 0.3 is 5.97 Å². The molecule has 0 bridgehead atoms. The molecule has 2 rings (SSSR count). The van der Waals surface area contributed by atoms with Crippen molar-refractivity contribution >= 4 is 28.5 Å². The van der Waals surface area contributed by atoms with Crippen LogP contribution in [0.1, 0.15) is 19.4 Å². The highest BCUT2D eigenvalue weighted by Crippen LogP contribution is 2.29. The predicted octanol–water partition coefficient (Wildman–Crippen LogP) is 3.56. The minimum atomic E-state index is -0.549. The van der Waals surface area contributed by atoms with Crippen LogP contribution in [0.2, 0.25) is 5.02 Å². The van der Waals surface area contributed by atoms with Crippen LogP contribution in [0.4, 0.5) is 0 Å². The summed E-state index contributed by atoms with van der Waals surface area (Å²) >= 11 is 6.00. The molecule has 0 amide bonds. The molecule has 2 aromatic rings. The lowest BCUT2D eigenvalue weighted by molar-refractivity contribution is -0.150. The Labute approximate surface area is 111 Å². The Morgan fingerprint density at radius 1 is 1.44 bits per heavy atom. The summed E-state index contributed by atoms with van der Waals surface area (Å²) in [4.78, 5) is 14.9. The predicted molar refractivity (Wildman–Crippen MR) is 72.8 cm³/mol. The van der Waals surface area contributed by atoms with Gasteiger partial charge in [0.25, 0.3) is 0 Å². The number of fused-ring (bicyclic) bond motifs is 1. The van der Waals surface area contributed by atoms with Crippen molar-refractivity contribution in [1.82, 2.24) is 4.98 Å². The number of hydrogen-bond donors (Lipinski definition) is 1. The van der Waals surface area contributed by atoms with Crippen LogP contribution in [0.5, 0.6) is 0 Å². The molecule has 0 spiro atoms. The second-order valence-corrected chi connectivity index (χ2v) is 5.49. The third kappa shape index (κ3) is 2.36. The fourth-order valence-electron chi connectivity index (χ4n) is 2.12. The molecule has 0 unspecified atom stereocenters. The van der Waals surface area contributed by atoms with Gasteiger partial charge in [0.15, 0.2) is 0 Å². The van der Waals surface area contributed by atoms with Gasteiger partial charge in [-0.05, 0) is 44.0 Å². The van der Waals surface area contributed by atoms with E-state index in [0.29, 0.717) is 11.4 Å². The van der Waals surface area contributed by atoms with Gasteiger partial charge in [-0.25, -0.2) is 0 Å². The van der Waals surface area contributed by atoms with E-state index in [1.54, 1.807) is 0 Å². The van der Waals surface area contributed by atoms with Crippen molar-refractivity contribution < 1.29 is 9.53 Å². The topological polar surface area (TPSA) is 42.1 Å². The van der Waals surface area contributed by atoms with E-state index >= 15 is 0 Å². The summed E-state index contributed by atoms with van der Waals surface area (Å²) in [5.74, 6) is -0.209. The molecule has 1 aromatic carbocycles. The summed E-state index contributed by atoms with van der Waals surface area (Å²) in [5, 5.41) is 1.75. The summed E-state index contributed by atoms with van der Waals surface area (Å²) in [6.45, 7) is 3.75. The average molecular weight is 266 g/mol. The van der Waals surface area contributed by atoms with Crippen LogP contribution in [-0.2, 0) is 16.0 Å². The van der Waals surface area contributed by atoms with E-state index in [1.165, 1.54) is 7.11 Å². The Hall–Kier alpha value is -1.48. The highest BCUT2D eigenvalue weighted by molar-refractivity contribution is 6.31. The van der Waals surface area contributed by atoms with Crippen LogP contribution < -0.4 is 0 Å². The maximum absolute atomic E-state index is 11.7. The van der Waals surface area contributed by atoms with Gasteiger partial charge in [0.05, 0.1) is 12.5 Å². The molecule has 0 saturated carbocycles. The molecule has 1 heterocycles. The zero-order valence-electron chi connectivity index (χ0n) is 10.7. The molecule has 1 aromatic heterocycles. The molecule has 96 valence electrons. The zero-order chi connectivity index (χ0) is 13.3. The third-order valence-electron chi connectivity index (χ3n) is 3.10. The van der Waals surface area contributed by atoms with E-state index in [2.05, 4.69) is 4.98 Å². The van der Waals surface area contributed by atoms with Gasteiger partial charge in [-0.2, -0.15) is 0 Å². The van der Waals surface area contributed by atoms with Crippen LogP contribution in [-0.4, -0.2) is 18.1 Å². The van der Waals surface area contributed by atoms with Gasteiger partial charge in [-0.15, -0.1) is 0 Å². The van der Waals surface area contributed by atoms with Crippen LogP contribution in [0, 0.1) is 5.41 Å². The van der Waals surface area contributed by atoms with E-state index in [9.17, 15) is 4.79 Å². The lowest BCUT2D eigenvalue weighted by atomic mass is 9.86. The number of aromatic nitrogens is 1. The summed E-state index contributed by atoms with van der Waals surface area (Å²) in [5.41, 5.74) is 1.55. The van der Waals surface area contributed by atoms with Gasteiger partial charge in [0, 0.05) is 22.1 Å². The van der Waals surface area contributed by atoms with Gasteiger partial charge in [0.2, 0.25) is 0 Å². The highest BCUT2D eigenvalue weighted by atomic mass is 35.5. The molecule has 3 nitrogen and oxygen atoms in total. The largest absolute Gasteiger partial charge is 0.469 e. The molecule has 0 fully saturated rings. The van der Waals surface area contributed by atoms with E-state index in [4.69, 9.17) is 16.3 Å². The maximum Gasteiger partial charge on any atom is 0.311 e. The van der Waals surface area contributed by atoms with Gasteiger partial charge in [-0.1, -0.05) is 11.6 Å². The molecule has 0 saturated heterocycles. The number of hydrogen-bond acceptors (Lipinski definition) is 2. The lowest BCUT2D eigenvalue weighted by Gasteiger charge is -2.20. The Balaban J connectivity index is 2.37. The number of halogens is 1. The van der Waals surface area contributed by atoms with Crippen LogP contribution in [0.25, 0.3) is 10.9 Å². The molecule has 0 atom stereocenters. The number of nitrogens with one attached hydrogen (secondary N) is 1. The minimum absolute atomic E-state index is 0.209. The summed E-state index contributed by atoms with van der Waals surface area (Å²) in [6, 6.07) is 5.69. The Morgan fingerprint density at radius 3 is 2.83 bits per heavy atom. The van der Waals surface area contributed by atoms with E-state index in [-0.39, 0.29) is 5.97 Å². The van der Waals surface area contributed by atoms with Crippen LogP contribution in [0.15, 0.2) is 24.4 Å². The number of H-pyrrole nitrogens is 1. The number of carbonyl (C=O) groups is 1. The Morgan fingerprint density at radius 2 is 2.17 bits per heavy atom. The first-order valence-corrected chi connectivity index (χ1v) is 6.16. The first-order valence-electron chi connectivity index (χ1n) is 5.78. The molecule has 1 N–H and O–H groups in total. The first kappa shape index (κ1) is 13.0. The third-order valence-corrected chi connectivity index (χ3v) is 3.33. The van der Waals surface area contributed by atoms with Gasteiger partial charge in [-0.3, -0.25) is 4.79 Å². The number of ether oxygens (including phenoxy) is 1. The number of benzene rings is 1. The second-order valence-electron chi connectivity index (χ2n) is 5.06. The van der Waals surface area contributed by atoms with Crippen molar-refractivity contribution in [3.05, 3.63) is 35.0 Å². The van der Waals surface area contributed by atoms with Crippen molar-refractivity contribution in [2.75, 3.05) is 7.11 Å². The second kappa shape index (κ2) is 4.65. The summed E-state index contributed by atoms with van der Waals surface area (Å²) in [6.07, 6.45) is 2.53. The van der Waals surface area contributed by atoms with E-state index in [1.807, 2.05) is 38.2 Å². The molecule has 18 heavy (non-hydrogen) atoms. The molecule has 0 radical (unpaired) electrons. The average Bonchev–Trinajstić information content (AvgIpc) is 2.70. The zero-order valence-corrected chi connectivity index (χ0v) is 11.5. The van der Waals surface area contributed by atoms with Crippen molar-refractivity contribution in [2.24, 2.45) is 5.41 Å². The van der Waals surface area contributed by atoms with E-state index in [0.717, 1.165) is 16.5 Å². The number of rotatable bonds is 3. The molecule has 4 heteroatoms. The SMILES string of the molecule is COC(=O)C(C)(C)Cc1c[nH]c2ccc(Cl)cc12. The van der Waals surface area contributed by atoms with Crippen LogP contribution in [0.3, 0.4) is 0 Å². The standard InChI is InChI=1S/C14H16ClNO2/c1-14(2,13(17)18-3)7-9-8-16-12-5-4-10(15)6-11(9)12/h4-6,8,16H,7H2,1-3H3. The lowest BCUT2D eigenvalue weighted by Crippen LogP contribution is -2.27. The molecule has 0 aliphatic heterocycles. The van der Waals surface area contributed by atoms with Crippen LogP contribution >= 0.6 is 11.6 Å². The Kier molecular flexibility index (Phi) is 3.35. The fourth-order valence-corrected chi connectivity index (χ4v) is 2.29. The molecular weight excluding hydrogens is 250 g/mol. The highest BCUT2D eigenvalue weighted by Gasteiger charge is 2.29.